The quantitative estimate of drug-likeness (QED) is 0.560. The Labute approximate surface area is 152 Å². The van der Waals surface area contributed by atoms with Crippen molar-refractivity contribution < 1.29 is 4.74 Å². The van der Waals surface area contributed by atoms with Gasteiger partial charge in [-0.1, -0.05) is 36.2 Å². The number of hydrogen-bond acceptors (Lipinski definition) is 2. The third-order valence-corrected chi connectivity index (χ3v) is 5.08. The molecule has 1 aromatic carbocycles. The van der Waals surface area contributed by atoms with Gasteiger partial charge in [0.1, 0.15) is 12.1 Å². The molecule has 0 unspecified atom stereocenters. The van der Waals surface area contributed by atoms with E-state index in [4.69, 9.17) is 27.9 Å². The molecule has 0 N–H and O–H groups in total. The molecule has 0 atom stereocenters. The highest BCUT2D eigenvalue weighted by Crippen LogP contribution is 2.32. The third kappa shape index (κ3) is 2.99. The molecule has 126 valence electrons. The number of nitrogens with zero attached hydrogens (tertiary/aromatic N) is 2. The Kier molecular flexibility index (Phi) is 5.02. The highest BCUT2D eigenvalue weighted by molar-refractivity contribution is 6.35. The van der Waals surface area contributed by atoms with Crippen LogP contribution >= 0.6 is 23.2 Å². The fraction of sp³-hybridized carbons (Fsp3) is 0.316. The number of hydrogen-bond donors (Lipinski definition) is 0. The number of ether oxygens (including phenoxy) is 1. The summed E-state index contributed by atoms with van der Waals surface area (Å²) in [4.78, 5) is 4.45. The number of halogens is 2. The number of aromatic nitrogens is 2. The Morgan fingerprint density at radius 1 is 1.12 bits per heavy atom. The number of benzene rings is 1. The minimum absolute atomic E-state index is 0.292. The lowest BCUT2D eigenvalue weighted by molar-refractivity contribution is 0.296. The summed E-state index contributed by atoms with van der Waals surface area (Å²) >= 11 is 12.5. The Morgan fingerprint density at radius 3 is 2.50 bits per heavy atom. The van der Waals surface area contributed by atoms with Gasteiger partial charge in [0, 0.05) is 39.4 Å². The largest absolute Gasteiger partial charge is 0.471 e. The molecular formula is C19H20Cl2N2O. The SMILES string of the molecule is CCCn1c(C)c(C)c2ccnc(OCc3c(Cl)cccc3Cl)c21. The predicted octanol–water partition coefficient (Wildman–Crippen LogP) is 5.95. The summed E-state index contributed by atoms with van der Waals surface area (Å²) in [6.07, 6.45) is 2.84. The number of pyridine rings is 1. The van der Waals surface area contributed by atoms with Crippen molar-refractivity contribution in [1.29, 1.82) is 0 Å². The minimum atomic E-state index is 0.292. The van der Waals surface area contributed by atoms with Crippen LogP contribution < -0.4 is 4.74 Å². The van der Waals surface area contributed by atoms with Crippen molar-refractivity contribution in [2.24, 2.45) is 0 Å². The zero-order valence-corrected chi connectivity index (χ0v) is 15.6. The first-order valence-electron chi connectivity index (χ1n) is 8.04. The molecule has 3 rings (SSSR count). The van der Waals surface area contributed by atoms with Gasteiger partial charge in [-0.15, -0.1) is 0 Å². The van der Waals surface area contributed by atoms with Crippen LogP contribution in [0.15, 0.2) is 30.5 Å². The van der Waals surface area contributed by atoms with Crippen LogP contribution in [0.5, 0.6) is 5.88 Å². The van der Waals surface area contributed by atoms with E-state index in [9.17, 15) is 0 Å². The zero-order chi connectivity index (χ0) is 17.3. The van der Waals surface area contributed by atoms with Crippen molar-refractivity contribution >= 4 is 34.1 Å². The zero-order valence-electron chi connectivity index (χ0n) is 14.1. The van der Waals surface area contributed by atoms with E-state index in [0.29, 0.717) is 22.5 Å². The van der Waals surface area contributed by atoms with Gasteiger partial charge in [-0.25, -0.2) is 4.98 Å². The summed E-state index contributed by atoms with van der Waals surface area (Å²) in [5.41, 5.74) is 4.33. The molecule has 2 aromatic heterocycles. The first kappa shape index (κ1) is 17.1. The smallest absolute Gasteiger partial charge is 0.238 e. The van der Waals surface area contributed by atoms with Gasteiger partial charge in [-0.2, -0.15) is 0 Å². The highest BCUT2D eigenvalue weighted by atomic mass is 35.5. The number of rotatable bonds is 5. The normalized spacial score (nSPS) is 11.2. The van der Waals surface area contributed by atoms with E-state index >= 15 is 0 Å². The molecule has 24 heavy (non-hydrogen) atoms. The topological polar surface area (TPSA) is 27.1 Å². The molecule has 2 heterocycles. The monoisotopic (exact) mass is 362 g/mol. The van der Waals surface area contributed by atoms with Gasteiger partial charge in [0.2, 0.25) is 5.88 Å². The average Bonchev–Trinajstić information content (AvgIpc) is 2.81. The van der Waals surface area contributed by atoms with Crippen LogP contribution in [0, 0.1) is 13.8 Å². The van der Waals surface area contributed by atoms with Crippen LogP contribution in [-0.2, 0) is 13.2 Å². The van der Waals surface area contributed by atoms with Crippen molar-refractivity contribution in [2.45, 2.75) is 40.3 Å². The summed E-state index contributed by atoms with van der Waals surface area (Å²) in [6, 6.07) is 7.49. The van der Waals surface area contributed by atoms with E-state index in [1.165, 1.54) is 16.6 Å². The van der Waals surface area contributed by atoms with Crippen molar-refractivity contribution in [3.05, 3.63) is 57.3 Å². The Morgan fingerprint density at radius 2 is 1.83 bits per heavy atom. The summed E-state index contributed by atoms with van der Waals surface area (Å²) < 4.78 is 8.30. The lowest BCUT2D eigenvalue weighted by Crippen LogP contribution is -2.04. The maximum Gasteiger partial charge on any atom is 0.238 e. The molecule has 0 fully saturated rings. The van der Waals surface area contributed by atoms with Crippen molar-refractivity contribution in [2.75, 3.05) is 0 Å². The molecule has 0 saturated heterocycles. The molecule has 0 bridgehead atoms. The highest BCUT2D eigenvalue weighted by Gasteiger charge is 2.16. The maximum atomic E-state index is 6.23. The Bertz CT molecular complexity index is 866. The van der Waals surface area contributed by atoms with Crippen LogP contribution in [0.1, 0.15) is 30.2 Å². The second-order valence-corrected chi connectivity index (χ2v) is 6.68. The summed E-state index contributed by atoms with van der Waals surface area (Å²) in [5.74, 6) is 0.619. The average molecular weight is 363 g/mol. The van der Waals surface area contributed by atoms with Gasteiger partial charge < -0.3 is 9.30 Å². The second kappa shape index (κ2) is 7.04. The number of aryl methyl sites for hydroxylation is 2. The molecule has 5 heteroatoms. The van der Waals surface area contributed by atoms with Gasteiger partial charge in [0.05, 0.1) is 0 Å². The molecule has 0 spiro atoms. The van der Waals surface area contributed by atoms with E-state index in [-0.39, 0.29) is 0 Å². The van der Waals surface area contributed by atoms with Gasteiger partial charge in [0.15, 0.2) is 0 Å². The molecule has 0 aliphatic heterocycles. The molecule has 0 aliphatic carbocycles. The van der Waals surface area contributed by atoms with Gasteiger partial charge in [-0.05, 0) is 44.0 Å². The fourth-order valence-corrected chi connectivity index (χ4v) is 3.49. The lowest BCUT2D eigenvalue weighted by atomic mass is 10.2. The molecule has 0 amide bonds. The van der Waals surface area contributed by atoms with Crippen LogP contribution in [-0.4, -0.2) is 9.55 Å². The molecule has 0 aliphatic rings. The fourth-order valence-electron chi connectivity index (χ4n) is 2.98. The Balaban J connectivity index is 2.02. The summed E-state index contributed by atoms with van der Waals surface area (Å²) in [5, 5.41) is 2.38. The van der Waals surface area contributed by atoms with Crippen LogP contribution in [0.25, 0.3) is 10.9 Å². The molecular weight excluding hydrogens is 343 g/mol. The van der Waals surface area contributed by atoms with E-state index in [1.807, 2.05) is 24.3 Å². The van der Waals surface area contributed by atoms with Crippen LogP contribution in [0.4, 0.5) is 0 Å². The van der Waals surface area contributed by atoms with E-state index in [1.54, 1.807) is 6.20 Å². The van der Waals surface area contributed by atoms with Gasteiger partial charge >= 0.3 is 0 Å². The molecule has 0 radical (unpaired) electrons. The van der Waals surface area contributed by atoms with Crippen molar-refractivity contribution in [3.63, 3.8) is 0 Å². The lowest BCUT2D eigenvalue weighted by Gasteiger charge is -2.12. The first-order valence-corrected chi connectivity index (χ1v) is 8.80. The first-order chi connectivity index (χ1) is 11.5. The summed E-state index contributed by atoms with van der Waals surface area (Å²) in [6.45, 7) is 7.67. The maximum absolute atomic E-state index is 6.23. The van der Waals surface area contributed by atoms with Gasteiger partial charge in [0.25, 0.3) is 0 Å². The third-order valence-electron chi connectivity index (χ3n) is 4.37. The van der Waals surface area contributed by atoms with E-state index in [2.05, 4.69) is 30.3 Å². The van der Waals surface area contributed by atoms with E-state index < -0.39 is 0 Å². The van der Waals surface area contributed by atoms with Crippen molar-refractivity contribution in [3.8, 4) is 5.88 Å². The number of fused-ring (bicyclic) bond motifs is 1. The predicted molar refractivity (Wildman–Crippen MR) is 100 cm³/mol. The van der Waals surface area contributed by atoms with Crippen LogP contribution in [0.2, 0.25) is 10.0 Å². The minimum Gasteiger partial charge on any atom is -0.471 e. The molecule has 3 aromatic rings. The molecule has 0 saturated carbocycles. The molecule has 3 nitrogen and oxygen atoms in total. The second-order valence-electron chi connectivity index (χ2n) is 5.86. The standard InChI is InChI=1S/C19H20Cl2N2O/c1-4-10-23-13(3)12(2)14-8-9-22-19(18(14)23)24-11-15-16(20)6-5-7-17(15)21/h5-9H,4,10-11H2,1-3H3. The van der Waals surface area contributed by atoms with Crippen LogP contribution in [0.3, 0.4) is 0 Å². The Hall–Kier alpha value is -1.71. The van der Waals surface area contributed by atoms with Crippen molar-refractivity contribution in [1.82, 2.24) is 9.55 Å². The van der Waals surface area contributed by atoms with Gasteiger partial charge in [-0.3, -0.25) is 0 Å². The van der Waals surface area contributed by atoms with E-state index in [0.717, 1.165) is 24.0 Å². The summed E-state index contributed by atoms with van der Waals surface area (Å²) in [7, 11) is 0.